The normalized spacial score (nSPS) is 12.5. The molecule has 26 heavy (non-hydrogen) atoms. The van der Waals surface area contributed by atoms with Crippen LogP contribution >= 0.6 is 11.6 Å². The van der Waals surface area contributed by atoms with Crippen molar-refractivity contribution in [2.45, 2.75) is 32.9 Å². The Hall–Kier alpha value is -2.05. The monoisotopic (exact) mass is 395 g/mol. The van der Waals surface area contributed by atoms with Gasteiger partial charge in [-0.25, -0.2) is 0 Å². The molecule has 0 saturated carbocycles. The number of rotatable bonds is 7. The molecule has 140 valence electrons. The summed E-state index contributed by atoms with van der Waals surface area (Å²) in [6, 6.07) is 13.6. The Kier molecular flexibility index (Phi) is 6.67. The van der Waals surface area contributed by atoms with Gasteiger partial charge in [0.25, 0.3) is 5.91 Å². The van der Waals surface area contributed by atoms with E-state index < -0.39 is 10.1 Å². The number of hydrogen-bond acceptors (Lipinski definition) is 4. The van der Waals surface area contributed by atoms with Crippen LogP contribution in [0.2, 0.25) is 5.02 Å². The van der Waals surface area contributed by atoms with Gasteiger partial charge in [-0.1, -0.05) is 36.7 Å². The molecule has 0 N–H and O–H groups in total. The molecule has 2 rings (SSSR count). The number of nitrogens with zero attached hydrogens (tertiary/aromatic N) is 1. The summed E-state index contributed by atoms with van der Waals surface area (Å²) in [5, 5.41) is 0.516. The first-order valence-electron chi connectivity index (χ1n) is 8.24. The number of benzene rings is 2. The quantitative estimate of drug-likeness (QED) is 0.661. The minimum absolute atomic E-state index is 0.0356. The van der Waals surface area contributed by atoms with E-state index in [1.807, 2.05) is 13.8 Å². The molecule has 0 heterocycles. The fourth-order valence-electron chi connectivity index (χ4n) is 2.46. The van der Waals surface area contributed by atoms with Gasteiger partial charge in [0.05, 0.1) is 6.26 Å². The molecule has 0 fully saturated rings. The van der Waals surface area contributed by atoms with E-state index in [0.717, 1.165) is 18.2 Å². The Balaban J connectivity index is 2.21. The number of carbonyl (C=O) groups excluding carboxylic acids is 1. The van der Waals surface area contributed by atoms with Gasteiger partial charge in [-0.2, -0.15) is 8.42 Å². The zero-order valence-electron chi connectivity index (χ0n) is 15.0. The van der Waals surface area contributed by atoms with Crippen LogP contribution in [0.4, 0.5) is 0 Å². The van der Waals surface area contributed by atoms with Crippen molar-refractivity contribution in [1.29, 1.82) is 0 Å². The zero-order chi connectivity index (χ0) is 19.3. The molecule has 2 aromatic rings. The third-order valence-electron chi connectivity index (χ3n) is 3.98. The van der Waals surface area contributed by atoms with Gasteiger partial charge in [0.2, 0.25) is 0 Å². The highest BCUT2D eigenvalue weighted by Crippen LogP contribution is 2.20. The summed E-state index contributed by atoms with van der Waals surface area (Å²) in [4.78, 5) is 14.7. The van der Waals surface area contributed by atoms with Gasteiger partial charge in [-0.05, 0) is 49.2 Å². The smallest absolute Gasteiger partial charge is 0.306 e. The van der Waals surface area contributed by atoms with Crippen LogP contribution in [0, 0.1) is 0 Å². The summed E-state index contributed by atoms with van der Waals surface area (Å²) in [6.45, 7) is 4.41. The lowest BCUT2D eigenvalue weighted by molar-refractivity contribution is 0.0671. The Morgan fingerprint density at radius 2 is 1.85 bits per heavy atom. The van der Waals surface area contributed by atoms with E-state index in [1.165, 1.54) is 0 Å². The van der Waals surface area contributed by atoms with Gasteiger partial charge in [-0.15, -0.1) is 0 Å². The molecular formula is C19H22ClNO4S. The van der Waals surface area contributed by atoms with E-state index in [4.69, 9.17) is 15.8 Å². The first-order valence-corrected chi connectivity index (χ1v) is 10.4. The maximum absolute atomic E-state index is 12.9. The van der Waals surface area contributed by atoms with Crippen molar-refractivity contribution >= 4 is 27.6 Å². The topological polar surface area (TPSA) is 63.7 Å². The van der Waals surface area contributed by atoms with Gasteiger partial charge in [0.1, 0.15) is 5.75 Å². The number of hydrogen-bond donors (Lipinski definition) is 0. The molecule has 0 unspecified atom stereocenters. The molecule has 1 amide bonds. The summed E-state index contributed by atoms with van der Waals surface area (Å²) in [6.07, 6.45) is 1.80. The molecule has 5 nitrogen and oxygen atoms in total. The van der Waals surface area contributed by atoms with E-state index >= 15 is 0 Å². The average Bonchev–Trinajstić information content (AvgIpc) is 2.58. The standard InChI is InChI=1S/C19H22ClNO4S/c1-4-14(2)21(19(22)16-6-5-7-17(20)12-16)13-15-8-10-18(11-9-15)25-26(3,23)24/h5-12,14H,4,13H2,1-3H3/t14-/m1/s1. The predicted octanol–water partition coefficient (Wildman–Crippen LogP) is 4.12. The molecule has 0 aromatic heterocycles. The van der Waals surface area contributed by atoms with Crippen LogP contribution in [0.3, 0.4) is 0 Å². The average molecular weight is 396 g/mol. The van der Waals surface area contributed by atoms with Crippen molar-refractivity contribution in [2.75, 3.05) is 6.26 Å². The highest BCUT2D eigenvalue weighted by molar-refractivity contribution is 7.86. The highest BCUT2D eigenvalue weighted by Gasteiger charge is 2.21. The third-order valence-corrected chi connectivity index (χ3v) is 4.71. The summed E-state index contributed by atoms with van der Waals surface area (Å²) in [7, 11) is -3.56. The Morgan fingerprint density at radius 1 is 1.19 bits per heavy atom. The maximum Gasteiger partial charge on any atom is 0.306 e. The fraction of sp³-hybridized carbons (Fsp3) is 0.316. The summed E-state index contributed by atoms with van der Waals surface area (Å²) < 4.78 is 27.2. The Bertz CT molecular complexity index is 865. The van der Waals surface area contributed by atoms with Crippen LogP contribution in [-0.4, -0.2) is 31.5 Å². The molecular weight excluding hydrogens is 374 g/mol. The zero-order valence-corrected chi connectivity index (χ0v) is 16.5. The van der Waals surface area contributed by atoms with Gasteiger partial charge in [-0.3, -0.25) is 4.79 Å². The predicted molar refractivity (Wildman–Crippen MR) is 103 cm³/mol. The van der Waals surface area contributed by atoms with E-state index in [1.54, 1.807) is 53.4 Å². The van der Waals surface area contributed by atoms with Crippen LogP contribution in [0.1, 0.15) is 36.2 Å². The van der Waals surface area contributed by atoms with Crippen molar-refractivity contribution < 1.29 is 17.4 Å². The van der Waals surface area contributed by atoms with Crippen molar-refractivity contribution in [3.8, 4) is 5.75 Å². The molecule has 0 radical (unpaired) electrons. The van der Waals surface area contributed by atoms with Gasteiger partial charge in [0, 0.05) is 23.2 Å². The van der Waals surface area contributed by atoms with Gasteiger partial charge >= 0.3 is 10.1 Å². The SMILES string of the molecule is CC[C@@H](C)N(Cc1ccc(OS(C)(=O)=O)cc1)C(=O)c1cccc(Cl)c1. The second-order valence-corrected chi connectivity index (χ2v) is 8.14. The molecule has 0 bridgehead atoms. The van der Waals surface area contributed by atoms with Crippen molar-refractivity contribution in [3.63, 3.8) is 0 Å². The summed E-state index contributed by atoms with van der Waals surface area (Å²) in [5.74, 6) is 0.144. The summed E-state index contributed by atoms with van der Waals surface area (Å²) in [5.41, 5.74) is 1.41. The van der Waals surface area contributed by atoms with Crippen molar-refractivity contribution in [1.82, 2.24) is 4.90 Å². The van der Waals surface area contributed by atoms with Crippen LogP contribution < -0.4 is 4.18 Å². The number of carbonyl (C=O) groups is 1. The maximum atomic E-state index is 12.9. The van der Waals surface area contributed by atoms with Crippen LogP contribution in [0.15, 0.2) is 48.5 Å². The number of amides is 1. The second kappa shape index (κ2) is 8.56. The van der Waals surface area contributed by atoms with E-state index in [-0.39, 0.29) is 17.7 Å². The third kappa shape index (κ3) is 5.75. The van der Waals surface area contributed by atoms with Crippen LogP contribution in [0.25, 0.3) is 0 Å². The van der Waals surface area contributed by atoms with Gasteiger partial charge in [0.15, 0.2) is 0 Å². The Morgan fingerprint density at radius 3 is 2.38 bits per heavy atom. The van der Waals surface area contributed by atoms with Crippen LogP contribution in [0.5, 0.6) is 5.75 Å². The fourth-order valence-corrected chi connectivity index (χ4v) is 3.11. The van der Waals surface area contributed by atoms with Crippen LogP contribution in [-0.2, 0) is 16.7 Å². The largest absolute Gasteiger partial charge is 0.383 e. The lowest BCUT2D eigenvalue weighted by atomic mass is 10.1. The minimum atomic E-state index is -3.56. The molecule has 7 heteroatoms. The molecule has 0 saturated heterocycles. The number of halogens is 1. The van der Waals surface area contributed by atoms with E-state index in [2.05, 4.69) is 0 Å². The molecule has 0 aliphatic carbocycles. The Labute approximate surface area is 159 Å². The molecule has 1 atom stereocenters. The van der Waals surface area contributed by atoms with E-state index in [9.17, 15) is 13.2 Å². The highest BCUT2D eigenvalue weighted by atomic mass is 35.5. The lowest BCUT2D eigenvalue weighted by Crippen LogP contribution is -2.37. The molecule has 2 aromatic carbocycles. The van der Waals surface area contributed by atoms with E-state index in [0.29, 0.717) is 17.1 Å². The second-order valence-electron chi connectivity index (χ2n) is 6.13. The molecule has 0 aliphatic rings. The first kappa shape index (κ1) is 20.3. The molecule has 0 spiro atoms. The van der Waals surface area contributed by atoms with Gasteiger partial charge < -0.3 is 9.08 Å². The minimum Gasteiger partial charge on any atom is -0.383 e. The lowest BCUT2D eigenvalue weighted by Gasteiger charge is -2.29. The summed E-state index contributed by atoms with van der Waals surface area (Å²) >= 11 is 6.00. The molecule has 0 aliphatic heterocycles. The van der Waals surface area contributed by atoms with Crippen molar-refractivity contribution in [3.05, 3.63) is 64.7 Å². The van der Waals surface area contributed by atoms with Crippen molar-refractivity contribution in [2.24, 2.45) is 0 Å². The first-order chi connectivity index (χ1) is 12.2.